The zero-order chi connectivity index (χ0) is 23.4. The van der Waals surface area contributed by atoms with Crippen LogP contribution in [-0.4, -0.2) is 25.0 Å². The highest BCUT2D eigenvalue weighted by molar-refractivity contribution is 6.04. The molecule has 0 saturated heterocycles. The number of ether oxygens (including phenoxy) is 2. The topological polar surface area (TPSA) is 89.8 Å². The number of anilines is 2. The number of carbonyl (C=O) groups is 2. The highest BCUT2D eigenvalue weighted by atomic mass is 19.4. The van der Waals surface area contributed by atoms with E-state index in [0.717, 1.165) is 17.7 Å². The summed E-state index contributed by atoms with van der Waals surface area (Å²) < 4.78 is 56.5. The van der Waals surface area contributed by atoms with Gasteiger partial charge in [0, 0.05) is 12.1 Å². The van der Waals surface area contributed by atoms with Crippen molar-refractivity contribution in [3.8, 4) is 11.5 Å². The molecule has 172 valence electrons. The molecule has 33 heavy (non-hydrogen) atoms. The molecule has 2 amide bonds. The number of fused-ring (bicyclic) bond motifs is 1. The Morgan fingerprint density at radius 2 is 1.73 bits per heavy atom. The van der Waals surface area contributed by atoms with E-state index in [0.29, 0.717) is 31.1 Å². The van der Waals surface area contributed by atoms with Crippen molar-refractivity contribution in [1.82, 2.24) is 0 Å². The van der Waals surface area contributed by atoms with Gasteiger partial charge in [0.05, 0.1) is 23.1 Å². The zero-order valence-electron chi connectivity index (χ0n) is 17.2. The van der Waals surface area contributed by atoms with Crippen molar-refractivity contribution in [2.45, 2.75) is 19.0 Å². The molecule has 0 unspecified atom stereocenters. The molecule has 0 bridgehead atoms. The van der Waals surface area contributed by atoms with Gasteiger partial charge in [-0.05, 0) is 48.4 Å². The Labute approximate surface area is 186 Å². The third kappa shape index (κ3) is 5.46. The lowest BCUT2D eigenvalue weighted by Crippen LogP contribution is -2.18. The molecule has 0 radical (unpaired) electrons. The molecular formula is C23H19F3N2O5. The Morgan fingerprint density at radius 1 is 0.939 bits per heavy atom. The van der Waals surface area contributed by atoms with Gasteiger partial charge in [0.25, 0.3) is 5.91 Å². The Hall–Kier alpha value is -3.95. The van der Waals surface area contributed by atoms with E-state index < -0.39 is 29.2 Å². The van der Waals surface area contributed by atoms with Crippen molar-refractivity contribution in [1.29, 1.82) is 0 Å². The van der Waals surface area contributed by atoms with Gasteiger partial charge in [0.15, 0.2) is 11.5 Å². The average molecular weight is 460 g/mol. The van der Waals surface area contributed by atoms with Crippen molar-refractivity contribution < 1.29 is 36.7 Å². The van der Waals surface area contributed by atoms with Gasteiger partial charge in [0.1, 0.15) is 19.5 Å². The second-order valence-corrected chi connectivity index (χ2v) is 7.25. The number of nitrogens with one attached hydrogen (secondary N) is 2. The lowest BCUT2D eigenvalue weighted by Gasteiger charge is -2.19. The molecule has 1 aliphatic rings. The molecule has 0 aliphatic carbocycles. The van der Waals surface area contributed by atoms with Crippen LogP contribution in [0.2, 0.25) is 0 Å². The van der Waals surface area contributed by atoms with E-state index >= 15 is 0 Å². The van der Waals surface area contributed by atoms with Crippen molar-refractivity contribution in [2.24, 2.45) is 0 Å². The molecule has 0 atom stereocenters. The van der Waals surface area contributed by atoms with E-state index in [1.54, 1.807) is 18.2 Å². The van der Waals surface area contributed by atoms with E-state index in [-0.39, 0.29) is 17.7 Å². The average Bonchev–Trinajstić information content (AvgIpc) is 3.33. The molecule has 0 spiro atoms. The monoisotopic (exact) mass is 460 g/mol. The highest BCUT2D eigenvalue weighted by Gasteiger charge is 2.34. The molecule has 7 nitrogen and oxygen atoms in total. The fourth-order valence-corrected chi connectivity index (χ4v) is 3.28. The maximum atomic E-state index is 13.6. The molecule has 1 aromatic heterocycles. The van der Waals surface area contributed by atoms with Crippen molar-refractivity contribution >= 4 is 23.2 Å². The van der Waals surface area contributed by atoms with Gasteiger partial charge in [0.2, 0.25) is 5.91 Å². The number of halogens is 3. The molecule has 1 aliphatic heterocycles. The third-order valence-corrected chi connectivity index (χ3v) is 4.89. The zero-order valence-corrected chi connectivity index (χ0v) is 17.2. The van der Waals surface area contributed by atoms with Gasteiger partial charge in [-0.15, -0.1) is 0 Å². The van der Waals surface area contributed by atoms with Crippen LogP contribution >= 0.6 is 0 Å². The summed E-state index contributed by atoms with van der Waals surface area (Å²) in [6.45, 7) is 0.887. The maximum absolute atomic E-state index is 13.6. The summed E-state index contributed by atoms with van der Waals surface area (Å²) in [6, 6.07) is 9.81. The van der Waals surface area contributed by atoms with E-state index in [9.17, 15) is 22.8 Å². The smallest absolute Gasteiger partial charge is 0.418 e. The minimum atomic E-state index is -4.74. The fourth-order valence-electron chi connectivity index (χ4n) is 3.28. The SMILES string of the molecule is O=C(CCc1ccc2c(c1)OCCO2)Nc1ccc(NC(=O)c2ccoc2)cc1C(F)(F)F. The van der Waals surface area contributed by atoms with Crippen LogP contribution in [0.4, 0.5) is 24.5 Å². The summed E-state index contributed by atoms with van der Waals surface area (Å²) in [4.78, 5) is 24.4. The summed E-state index contributed by atoms with van der Waals surface area (Å²) in [5.41, 5.74) is -0.568. The van der Waals surface area contributed by atoms with E-state index in [1.807, 2.05) is 0 Å². The van der Waals surface area contributed by atoms with Crippen LogP contribution < -0.4 is 20.1 Å². The summed E-state index contributed by atoms with van der Waals surface area (Å²) in [6.07, 6.45) is -2.01. The van der Waals surface area contributed by atoms with Crippen LogP contribution in [-0.2, 0) is 17.4 Å². The standard InChI is InChI=1S/C23H19F3N2O5/c24-23(25,26)17-12-16(27-22(30)15-7-8-31-13-15)3-4-18(17)28-21(29)6-2-14-1-5-19-20(11-14)33-10-9-32-19/h1,3-5,7-8,11-13H,2,6,9-10H2,(H,27,30)(H,28,29). The van der Waals surface area contributed by atoms with E-state index in [1.165, 1.54) is 24.7 Å². The highest BCUT2D eigenvalue weighted by Crippen LogP contribution is 2.37. The molecule has 4 rings (SSSR count). The van der Waals surface area contributed by atoms with Crippen LogP contribution in [0.25, 0.3) is 0 Å². The van der Waals surface area contributed by atoms with Gasteiger partial charge in [-0.25, -0.2) is 0 Å². The number of hydrogen-bond donors (Lipinski definition) is 2. The first-order valence-electron chi connectivity index (χ1n) is 10.0. The van der Waals surface area contributed by atoms with Crippen LogP contribution in [0.3, 0.4) is 0 Å². The summed E-state index contributed by atoms with van der Waals surface area (Å²) >= 11 is 0. The van der Waals surface area contributed by atoms with E-state index in [4.69, 9.17) is 13.9 Å². The quantitative estimate of drug-likeness (QED) is 0.547. The first kappa shape index (κ1) is 22.3. The summed E-state index contributed by atoms with van der Waals surface area (Å²) in [5.74, 6) is -0.00513. The summed E-state index contributed by atoms with van der Waals surface area (Å²) in [5, 5.41) is 4.69. The second kappa shape index (κ2) is 9.27. The minimum Gasteiger partial charge on any atom is -0.486 e. The number of hydrogen-bond acceptors (Lipinski definition) is 5. The van der Waals surface area contributed by atoms with Crippen LogP contribution in [0.15, 0.2) is 59.4 Å². The lowest BCUT2D eigenvalue weighted by atomic mass is 10.1. The largest absolute Gasteiger partial charge is 0.486 e. The van der Waals surface area contributed by atoms with Crippen LogP contribution in [0, 0.1) is 0 Å². The molecule has 0 fully saturated rings. The number of benzene rings is 2. The predicted octanol–water partition coefficient (Wildman–Crippen LogP) is 4.89. The van der Waals surface area contributed by atoms with Crippen molar-refractivity contribution in [3.63, 3.8) is 0 Å². The predicted molar refractivity (Wildman–Crippen MR) is 112 cm³/mol. The molecule has 2 N–H and O–H groups in total. The second-order valence-electron chi connectivity index (χ2n) is 7.25. The Bertz CT molecular complexity index is 1160. The van der Waals surface area contributed by atoms with Crippen molar-refractivity contribution in [2.75, 3.05) is 23.8 Å². The Kier molecular flexibility index (Phi) is 6.25. The van der Waals surface area contributed by atoms with Gasteiger partial charge in [-0.2, -0.15) is 13.2 Å². The van der Waals surface area contributed by atoms with Crippen LogP contribution in [0.5, 0.6) is 11.5 Å². The number of amides is 2. The third-order valence-electron chi connectivity index (χ3n) is 4.89. The Morgan fingerprint density at radius 3 is 2.45 bits per heavy atom. The fraction of sp³-hybridized carbons (Fsp3) is 0.217. The number of alkyl halides is 3. The molecule has 3 aromatic rings. The van der Waals surface area contributed by atoms with Gasteiger partial charge < -0.3 is 24.5 Å². The molecular weight excluding hydrogens is 441 g/mol. The van der Waals surface area contributed by atoms with E-state index in [2.05, 4.69) is 10.6 Å². The molecule has 0 saturated carbocycles. The molecule has 2 heterocycles. The first-order chi connectivity index (χ1) is 15.8. The summed E-state index contributed by atoms with van der Waals surface area (Å²) in [7, 11) is 0. The number of carbonyl (C=O) groups excluding carboxylic acids is 2. The molecule has 2 aromatic carbocycles. The van der Waals surface area contributed by atoms with Gasteiger partial charge in [-0.3, -0.25) is 9.59 Å². The van der Waals surface area contributed by atoms with Crippen molar-refractivity contribution in [3.05, 3.63) is 71.7 Å². The minimum absolute atomic E-state index is 0.0318. The number of rotatable bonds is 6. The number of furan rings is 1. The lowest BCUT2D eigenvalue weighted by molar-refractivity contribution is -0.136. The first-order valence-corrected chi connectivity index (χ1v) is 10.0. The van der Waals surface area contributed by atoms with Crippen LogP contribution in [0.1, 0.15) is 27.9 Å². The van der Waals surface area contributed by atoms with Gasteiger partial charge >= 0.3 is 6.18 Å². The maximum Gasteiger partial charge on any atom is 0.418 e. The normalized spacial score (nSPS) is 12.8. The van der Waals surface area contributed by atoms with Gasteiger partial charge in [-0.1, -0.05) is 6.07 Å². The number of aryl methyl sites for hydroxylation is 1. The molecule has 10 heteroatoms. The Balaban J connectivity index is 1.43.